The van der Waals surface area contributed by atoms with Crippen LogP contribution in [0, 0.1) is 0 Å². The van der Waals surface area contributed by atoms with Gasteiger partial charge in [0.1, 0.15) is 0 Å². The summed E-state index contributed by atoms with van der Waals surface area (Å²) in [4.78, 5) is 13.1. The van der Waals surface area contributed by atoms with E-state index in [9.17, 15) is 4.79 Å². The number of aliphatic hydroxyl groups is 1. The van der Waals surface area contributed by atoms with Crippen LogP contribution < -0.4 is 0 Å². The van der Waals surface area contributed by atoms with Gasteiger partial charge in [-0.2, -0.15) is 0 Å². The topological polar surface area (TPSA) is 49.8 Å². The normalized spacial score (nSPS) is 10.4. The van der Waals surface area contributed by atoms with Crippen molar-refractivity contribution in [1.82, 2.24) is 4.90 Å². The summed E-state index contributed by atoms with van der Waals surface area (Å²) >= 11 is 0. The molecular weight excluding hydrogens is 182 g/mol. The van der Waals surface area contributed by atoms with E-state index in [0.29, 0.717) is 19.6 Å². The maximum atomic E-state index is 11.5. The fourth-order valence-electron chi connectivity index (χ4n) is 1.07. The van der Waals surface area contributed by atoms with E-state index < -0.39 is 0 Å². The van der Waals surface area contributed by atoms with Gasteiger partial charge in [-0.05, 0) is 26.7 Å². The molecule has 0 aliphatic heterocycles. The first-order valence-electron chi connectivity index (χ1n) is 5.17. The summed E-state index contributed by atoms with van der Waals surface area (Å²) in [5.41, 5.74) is 0. The van der Waals surface area contributed by atoms with E-state index in [0.717, 1.165) is 6.42 Å². The summed E-state index contributed by atoms with van der Waals surface area (Å²) in [6, 6.07) is 0.117. The molecule has 0 radical (unpaired) electrons. The van der Waals surface area contributed by atoms with Crippen molar-refractivity contribution >= 4 is 6.09 Å². The van der Waals surface area contributed by atoms with Crippen molar-refractivity contribution in [3.05, 3.63) is 0 Å². The van der Waals surface area contributed by atoms with Crippen LogP contribution in [0.5, 0.6) is 0 Å². The molecule has 0 saturated carbocycles. The smallest absolute Gasteiger partial charge is 0.409 e. The van der Waals surface area contributed by atoms with Crippen LogP contribution in [0.1, 0.15) is 33.6 Å². The van der Waals surface area contributed by atoms with Crippen molar-refractivity contribution < 1.29 is 14.6 Å². The van der Waals surface area contributed by atoms with E-state index in [-0.39, 0.29) is 18.7 Å². The number of carbonyl (C=O) groups is 1. The molecular formula is C10H21NO3. The third-order valence-electron chi connectivity index (χ3n) is 1.84. The minimum atomic E-state index is -0.282. The largest absolute Gasteiger partial charge is 0.449 e. The van der Waals surface area contributed by atoms with Gasteiger partial charge in [0.2, 0.25) is 0 Å². The first-order chi connectivity index (χ1) is 6.63. The molecule has 0 aromatic carbocycles. The summed E-state index contributed by atoms with van der Waals surface area (Å²) < 4.78 is 5.02. The maximum Gasteiger partial charge on any atom is 0.409 e. The van der Waals surface area contributed by atoms with Gasteiger partial charge in [0.25, 0.3) is 0 Å². The predicted molar refractivity (Wildman–Crippen MR) is 55.2 cm³/mol. The van der Waals surface area contributed by atoms with Gasteiger partial charge < -0.3 is 14.7 Å². The highest BCUT2D eigenvalue weighted by molar-refractivity contribution is 5.67. The molecule has 0 saturated heterocycles. The Morgan fingerprint density at radius 3 is 2.57 bits per heavy atom. The zero-order chi connectivity index (χ0) is 11.0. The van der Waals surface area contributed by atoms with Gasteiger partial charge in [-0.1, -0.05) is 6.92 Å². The number of rotatable bonds is 6. The van der Waals surface area contributed by atoms with Crippen LogP contribution >= 0.6 is 0 Å². The second kappa shape index (κ2) is 7.62. The van der Waals surface area contributed by atoms with Gasteiger partial charge in [-0.25, -0.2) is 4.79 Å². The van der Waals surface area contributed by atoms with Crippen molar-refractivity contribution in [2.75, 3.05) is 19.8 Å². The average molecular weight is 203 g/mol. The van der Waals surface area contributed by atoms with Gasteiger partial charge in [-0.3, -0.25) is 0 Å². The molecule has 4 heteroatoms. The van der Waals surface area contributed by atoms with E-state index in [1.165, 1.54) is 0 Å². The number of nitrogens with zero attached hydrogens (tertiary/aromatic N) is 1. The lowest BCUT2D eigenvalue weighted by molar-refractivity contribution is 0.0887. The van der Waals surface area contributed by atoms with E-state index in [2.05, 4.69) is 0 Å². The fraction of sp³-hybridized carbons (Fsp3) is 0.900. The van der Waals surface area contributed by atoms with Crippen LogP contribution in [0.25, 0.3) is 0 Å². The van der Waals surface area contributed by atoms with Crippen LogP contribution in [0.2, 0.25) is 0 Å². The highest BCUT2D eigenvalue weighted by atomic mass is 16.6. The number of ether oxygens (including phenoxy) is 1. The third kappa shape index (κ3) is 5.07. The Morgan fingerprint density at radius 2 is 2.14 bits per heavy atom. The molecule has 0 aromatic rings. The van der Waals surface area contributed by atoms with Crippen molar-refractivity contribution in [3.63, 3.8) is 0 Å². The predicted octanol–water partition coefficient (Wildman–Crippen LogP) is 1.63. The molecule has 4 nitrogen and oxygen atoms in total. The van der Waals surface area contributed by atoms with Gasteiger partial charge in [-0.15, -0.1) is 0 Å². The number of amides is 1. The first-order valence-corrected chi connectivity index (χ1v) is 5.17. The summed E-state index contributed by atoms with van der Waals surface area (Å²) in [6.07, 6.45) is 1.15. The monoisotopic (exact) mass is 203 g/mol. The van der Waals surface area contributed by atoms with Gasteiger partial charge >= 0.3 is 6.09 Å². The zero-order valence-electron chi connectivity index (χ0n) is 9.32. The molecule has 0 aliphatic carbocycles. The molecule has 0 bridgehead atoms. The molecule has 84 valence electrons. The molecule has 1 amide bonds. The van der Waals surface area contributed by atoms with Crippen molar-refractivity contribution in [2.45, 2.75) is 39.7 Å². The van der Waals surface area contributed by atoms with Crippen LogP contribution in [0.4, 0.5) is 4.79 Å². The second-order valence-corrected chi connectivity index (χ2v) is 3.48. The lowest BCUT2D eigenvalue weighted by Crippen LogP contribution is -2.38. The first kappa shape index (κ1) is 13.2. The average Bonchev–Trinajstić information content (AvgIpc) is 2.14. The summed E-state index contributed by atoms with van der Waals surface area (Å²) in [7, 11) is 0. The molecule has 1 N–H and O–H groups in total. The molecule has 0 spiro atoms. The minimum absolute atomic E-state index is 0.101. The van der Waals surface area contributed by atoms with E-state index in [4.69, 9.17) is 9.84 Å². The van der Waals surface area contributed by atoms with Crippen LogP contribution in [-0.2, 0) is 4.74 Å². The molecule has 0 rings (SSSR count). The molecule has 0 fully saturated rings. The third-order valence-corrected chi connectivity index (χ3v) is 1.84. The molecule has 0 heterocycles. The lowest BCUT2D eigenvalue weighted by Gasteiger charge is -2.25. The molecule has 14 heavy (non-hydrogen) atoms. The highest BCUT2D eigenvalue weighted by Gasteiger charge is 2.16. The molecule has 0 aromatic heterocycles. The quantitative estimate of drug-likeness (QED) is 0.713. The van der Waals surface area contributed by atoms with E-state index in [1.807, 2.05) is 20.8 Å². The second-order valence-electron chi connectivity index (χ2n) is 3.48. The molecule has 0 atom stereocenters. The molecule has 0 aliphatic rings. The van der Waals surface area contributed by atoms with Gasteiger partial charge in [0.15, 0.2) is 0 Å². The maximum absolute atomic E-state index is 11.5. The Labute approximate surface area is 85.9 Å². The lowest BCUT2D eigenvalue weighted by atomic mass is 10.3. The Balaban J connectivity index is 3.98. The van der Waals surface area contributed by atoms with E-state index >= 15 is 0 Å². The van der Waals surface area contributed by atoms with Crippen molar-refractivity contribution in [3.8, 4) is 0 Å². The highest BCUT2D eigenvalue weighted by Crippen LogP contribution is 2.03. The van der Waals surface area contributed by atoms with Crippen molar-refractivity contribution in [1.29, 1.82) is 0 Å². The fourth-order valence-corrected chi connectivity index (χ4v) is 1.07. The zero-order valence-corrected chi connectivity index (χ0v) is 9.32. The SMILES string of the molecule is CCCOC(=O)N(CCCO)C(C)C. The number of carbonyl (C=O) groups excluding carboxylic acids is 1. The van der Waals surface area contributed by atoms with Gasteiger partial charge in [0, 0.05) is 19.2 Å². The minimum Gasteiger partial charge on any atom is -0.449 e. The van der Waals surface area contributed by atoms with Crippen LogP contribution in [0.3, 0.4) is 0 Å². The Bertz CT molecular complexity index is 159. The summed E-state index contributed by atoms with van der Waals surface area (Å²) in [5, 5.41) is 8.68. The summed E-state index contributed by atoms with van der Waals surface area (Å²) in [5.74, 6) is 0. The Morgan fingerprint density at radius 1 is 1.50 bits per heavy atom. The van der Waals surface area contributed by atoms with Crippen molar-refractivity contribution in [2.24, 2.45) is 0 Å². The number of hydrogen-bond acceptors (Lipinski definition) is 3. The number of hydrogen-bond donors (Lipinski definition) is 1. The standard InChI is InChI=1S/C10H21NO3/c1-4-8-14-10(13)11(9(2)3)6-5-7-12/h9,12H,4-8H2,1-3H3. The van der Waals surface area contributed by atoms with Gasteiger partial charge in [0.05, 0.1) is 6.61 Å². The van der Waals surface area contributed by atoms with Crippen LogP contribution in [0.15, 0.2) is 0 Å². The summed E-state index contributed by atoms with van der Waals surface area (Å²) in [6.45, 7) is 6.94. The number of aliphatic hydroxyl groups excluding tert-OH is 1. The molecule has 0 unspecified atom stereocenters. The Kier molecular flexibility index (Phi) is 7.20. The van der Waals surface area contributed by atoms with Crippen LogP contribution in [-0.4, -0.2) is 41.9 Å². The van der Waals surface area contributed by atoms with E-state index in [1.54, 1.807) is 4.90 Å². The Hall–Kier alpha value is -0.770.